The fraction of sp³-hybridized carbons (Fsp3) is 0.436. The summed E-state index contributed by atoms with van der Waals surface area (Å²) in [6.07, 6.45) is 0. The van der Waals surface area contributed by atoms with E-state index >= 15 is 0 Å². The molecule has 43 heavy (non-hydrogen) atoms. The van der Waals surface area contributed by atoms with Gasteiger partial charge in [0.15, 0.2) is 8.07 Å². The zero-order chi connectivity index (χ0) is 32.3. The zero-order valence-electron chi connectivity index (χ0n) is 29.9. The highest BCUT2D eigenvalue weighted by Gasteiger charge is 2.51. The van der Waals surface area contributed by atoms with Crippen LogP contribution in [0.25, 0.3) is 0 Å². The first kappa shape index (κ1) is 32.7. The highest BCUT2D eigenvalue weighted by molar-refractivity contribution is 7.17. The largest absolute Gasteiger partial charge is 0.378 e. The van der Waals surface area contributed by atoms with Crippen molar-refractivity contribution in [3.05, 3.63) is 91.7 Å². The van der Waals surface area contributed by atoms with Crippen LogP contribution in [-0.4, -0.2) is 50.4 Å². The summed E-state index contributed by atoms with van der Waals surface area (Å²) in [5.41, 5.74) is 16.6. The third kappa shape index (κ3) is 5.16. The molecule has 4 rings (SSSR count). The van der Waals surface area contributed by atoms with Gasteiger partial charge in [-0.1, -0.05) is 23.3 Å². The zero-order valence-corrected chi connectivity index (χ0v) is 30.9. The molecule has 1 aliphatic rings. The molecule has 230 valence electrons. The van der Waals surface area contributed by atoms with Crippen LogP contribution in [0.15, 0.2) is 58.3 Å². The summed E-state index contributed by atoms with van der Waals surface area (Å²) < 4.78 is 0. The summed E-state index contributed by atoms with van der Waals surface area (Å²) in [6, 6.07) is 14.8. The van der Waals surface area contributed by atoms with E-state index in [1.165, 1.54) is 82.7 Å². The standard InChI is InChI=1S/C39H55N3Si/c1-23-17-33(40(11)12)20-36(26(23)4)43(39-31(9)29(7)30(8)32(39)10,37-21-34(41(13)14)18-24(2)27(37)5)38-22-35(42(15)16)19-25(3)28(38)6/h17-22,31H,1-16H3. The molecule has 4 heteroatoms. The van der Waals surface area contributed by atoms with E-state index < -0.39 is 8.07 Å². The van der Waals surface area contributed by atoms with Gasteiger partial charge >= 0.3 is 0 Å². The van der Waals surface area contributed by atoms with Gasteiger partial charge in [-0.05, 0) is 159 Å². The molecule has 0 amide bonds. The van der Waals surface area contributed by atoms with Crippen molar-refractivity contribution in [1.29, 1.82) is 0 Å². The van der Waals surface area contributed by atoms with Gasteiger partial charge in [0.2, 0.25) is 0 Å². The Morgan fingerprint density at radius 1 is 0.465 bits per heavy atom. The highest BCUT2D eigenvalue weighted by atomic mass is 28.3. The van der Waals surface area contributed by atoms with Crippen LogP contribution in [0.5, 0.6) is 0 Å². The summed E-state index contributed by atoms with van der Waals surface area (Å²) in [4.78, 5) is 6.85. The summed E-state index contributed by atoms with van der Waals surface area (Å²) in [5, 5.41) is 6.22. The molecule has 1 atom stereocenters. The third-order valence-electron chi connectivity index (χ3n) is 10.8. The Balaban J connectivity index is 2.46. The molecule has 3 nitrogen and oxygen atoms in total. The van der Waals surface area contributed by atoms with Gasteiger partial charge < -0.3 is 14.7 Å². The molecule has 3 aromatic carbocycles. The lowest BCUT2D eigenvalue weighted by Gasteiger charge is -2.43. The first-order chi connectivity index (χ1) is 20.0. The predicted octanol–water partition coefficient (Wildman–Crippen LogP) is 7.05. The molecule has 0 fully saturated rings. The number of hydrogen-bond acceptors (Lipinski definition) is 3. The van der Waals surface area contributed by atoms with Gasteiger partial charge in [-0.3, -0.25) is 0 Å². The minimum atomic E-state index is -2.90. The molecule has 0 aromatic heterocycles. The van der Waals surface area contributed by atoms with Crippen LogP contribution in [0.3, 0.4) is 0 Å². The minimum absolute atomic E-state index is 0.361. The Morgan fingerprint density at radius 2 is 0.767 bits per heavy atom. The van der Waals surface area contributed by atoms with Crippen LogP contribution < -0.4 is 30.3 Å². The SMILES string of the molecule is CC1=C(C)C(C)C([Si](c2cc(N(C)C)cc(C)c2C)(c2cc(N(C)C)cc(C)c2C)c2cc(N(C)C)cc(C)c2C)=C1C. The lowest BCUT2D eigenvalue weighted by atomic mass is 10.1. The molecular formula is C39H55N3Si. The van der Waals surface area contributed by atoms with Crippen LogP contribution in [0.2, 0.25) is 0 Å². The molecule has 0 radical (unpaired) electrons. The number of aryl methyl sites for hydroxylation is 3. The Bertz CT molecular complexity index is 1500. The minimum Gasteiger partial charge on any atom is -0.378 e. The van der Waals surface area contributed by atoms with Gasteiger partial charge in [-0.15, -0.1) is 0 Å². The number of rotatable bonds is 7. The van der Waals surface area contributed by atoms with E-state index in [4.69, 9.17) is 0 Å². The first-order valence-corrected chi connectivity index (χ1v) is 17.7. The van der Waals surface area contributed by atoms with E-state index in [-0.39, 0.29) is 0 Å². The van der Waals surface area contributed by atoms with Crippen molar-refractivity contribution >= 4 is 40.7 Å². The molecule has 0 aliphatic heterocycles. The van der Waals surface area contributed by atoms with Crippen LogP contribution in [0.4, 0.5) is 17.1 Å². The monoisotopic (exact) mass is 593 g/mol. The third-order valence-corrected chi connectivity index (χ3v) is 16.4. The van der Waals surface area contributed by atoms with Gasteiger partial charge in [-0.25, -0.2) is 0 Å². The number of hydrogen-bond donors (Lipinski definition) is 0. The Kier molecular flexibility index (Phi) is 8.88. The molecule has 0 heterocycles. The number of anilines is 3. The van der Waals surface area contributed by atoms with Crippen molar-refractivity contribution in [3.8, 4) is 0 Å². The maximum Gasteiger partial charge on any atom is 0.177 e. The van der Waals surface area contributed by atoms with Crippen molar-refractivity contribution in [2.45, 2.75) is 69.2 Å². The summed E-state index contributed by atoms with van der Waals surface area (Å²) in [6.45, 7) is 23.7. The lowest BCUT2D eigenvalue weighted by Crippen LogP contribution is -2.71. The average Bonchev–Trinajstić information content (AvgIpc) is 3.12. The fourth-order valence-electron chi connectivity index (χ4n) is 7.30. The maximum atomic E-state index is 2.55. The molecule has 1 aliphatic carbocycles. The number of allylic oxidation sites excluding steroid dienone is 4. The molecule has 0 spiro atoms. The smallest absolute Gasteiger partial charge is 0.177 e. The molecular weight excluding hydrogens is 539 g/mol. The normalized spacial score (nSPS) is 15.5. The quantitative estimate of drug-likeness (QED) is 0.215. The number of nitrogens with zero attached hydrogens (tertiary/aromatic N) is 3. The van der Waals surface area contributed by atoms with Gasteiger partial charge in [-0.2, -0.15) is 0 Å². The average molecular weight is 594 g/mol. The second kappa shape index (κ2) is 11.7. The molecule has 1 unspecified atom stereocenters. The highest BCUT2D eigenvalue weighted by Crippen LogP contribution is 2.43. The van der Waals surface area contributed by atoms with E-state index in [1.807, 2.05) is 0 Å². The van der Waals surface area contributed by atoms with Gasteiger partial charge in [0, 0.05) is 59.3 Å². The van der Waals surface area contributed by atoms with Crippen molar-refractivity contribution in [2.75, 3.05) is 57.0 Å². The number of benzene rings is 3. The maximum absolute atomic E-state index is 2.90. The second-order valence-corrected chi connectivity index (χ2v) is 17.5. The first-order valence-electron chi connectivity index (χ1n) is 15.7. The van der Waals surface area contributed by atoms with E-state index in [0.717, 1.165) is 0 Å². The van der Waals surface area contributed by atoms with Crippen molar-refractivity contribution < 1.29 is 0 Å². The van der Waals surface area contributed by atoms with Crippen LogP contribution in [-0.2, 0) is 0 Å². The summed E-state index contributed by atoms with van der Waals surface area (Å²) >= 11 is 0. The van der Waals surface area contributed by atoms with Gasteiger partial charge in [0.05, 0.1) is 0 Å². The molecule has 0 saturated heterocycles. The molecule has 0 N–H and O–H groups in total. The van der Waals surface area contributed by atoms with Crippen LogP contribution >= 0.6 is 0 Å². The van der Waals surface area contributed by atoms with Crippen LogP contribution in [0, 0.1) is 47.5 Å². The predicted molar refractivity (Wildman–Crippen MR) is 196 cm³/mol. The van der Waals surface area contributed by atoms with Crippen LogP contribution in [0.1, 0.15) is 61.1 Å². The molecule has 0 bridgehead atoms. The van der Waals surface area contributed by atoms with Gasteiger partial charge in [0.1, 0.15) is 0 Å². The van der Waals surface area contributed by atoms with Gasteiger partial charge in [0.25, 0.3) is 0 Å². The fourth-order valence-corrected chi connectivity index (χ4v) is 14.0. The van der Waals surface area contributed by atoms with E-state index in [2.05, 4.69) is 163 Å². The Hall–Kier alpha value is -3.24. The Morgan fingerprint density at radius 3 is 1.00 bits per heavy atom. The van der Waals surface area contributed by atoms with Crippen molar-refractivity contribution in [2.24, 2.45) is 5.92 Å². The van der Waals surface area contributed by atoms with E-state index in [0.29, 0.717) is 5.92 Å². The topological polar surface area (TPSA) is 9.72 Å². The summed E-state index contributed by atoms with van der Waals surface area (Å²) in [5.74, 6) is 0.361. The summed E-state index contributed by atoms with van der Waals surface area (Å²) in [7, 11) is 10.2. The lowest BCUT2D eigenvalue weighted by molar-refractivity contribution is 0.851. The molecule has 3 aromatic rings. The van der Waals surface area contributed by atoms with Crippen molar-refractivity contribution in [1.82, 2.24) is 0 Å². The Labute approximate surface area is 263 Å². The van der Waals surface area contributed by atoms with Crippen molar-refractivity contribution in [3.63, 3.8) is 0 Å². The molecule has 0 saturated carbocycles. The van der Waals surface area contributed by atoms with E-state index in [1.54, 1.807) is 5.20 Å². The second-order valence-electron chi connectivity index (χ2n) is 13.8. The van der Waals surface area contributed by atoms with E-state index in [9.17, 15) is 0 Å².